The molecule has 0 N–H and O–H groups in total. The number of para-hydroxylation sites is 2. The molecule has 0 spiro atoms. The van der Waals surface area contributed by atoms with E-state index in [1.54, 1.807) is 0 Å². The van der Waals surface area contributed by atoms with Crippen molar-refractivity contribution in [3.05, 3.63) is 206 Å². The van der Waals surface area contributed by atoms with E-state index in [0.29, 0.717) is 0 Å². The quantitative estimate of drug-likeness (QED) is 0.166. The second-order valence-corrected chi connectivity index (χ2v) is 15.2. The number of thiophene rings is 1. The van der Waals surface area contributed by atoms with Crippen LogP contribution < -0.4 is 4.90 Å². The molecule has 2 heterocycles. The Kier molecular flexibility index (Phi) is 7.39. The molecule has 2 nitrogen and oxygen atoms in total. The molecule has 2 aromatic heterocycles. The Morgan fingerprint density at radius 2 is 0.982 bits per heavy atom. The Hall–Kier alpha value is -6.94. The molecule has 9 aromatic carbocycles. The van der Waals surface area contributed by atoms with Gasteiger partial charge in [0.2, 0.25) is 0 Å². The standard InChI is InChI=1S/C52H34N2S/c1-2-13-36(14-3-1)43-31-25-37(42-21-12-16-35-15-4-5-17-41(35)42)33-50(43)53(40-30-32-52-47(34-40)46-20-8-11-24-51(46)55-52)38-26-28-39(29-27-38)54-48-22-9-6-18-44(48)45-19-7-10-23-49(45)54/h1-34H. The summed E-state index contributed by atoms with van der Waals surface area (Å²) in [5.74, 6) is 0. The van der Waals surface area contributed by atoms with Crippen molar-refractivity contribution in [3.63, 3.8) is 0 Å². The summed E-state index contributed by atoms with van der Waals surface area (Å²) in [7, 11) is 0. The summed E-state index contributed by atoms with van der Waals surface area (Å²) in [5.41, 5.74) is 11.6. The fraction of sp³-hybridized carbons (Fsp3) is 0. The molecule has 11 rings (SSSR count). The average molecular weight is 719 g/mol. The van der Waals surface area contributed by atoms with Gasteiger partial charge in [0.05, 0.1) is 16.7 Å². The Bertz CT molecular complexity index is 3150. The molecule has 0 atom stereocenters. The van der Waals surface area contributed by atoms with E-state index in [4.69, 9.17) is 0 Å². The zero-order valence-corrected chi connectivity index (χ0v) is 30.7. The van der Waals surface area contributed by atoms with Gasteiger partial charge >= 0.3 is 0 Å². The van der Waals surface area contributed by atoms with Crippen molar-refractivity contribution in [1.29, 1.82) is 0 Å². The molecule has 0 saturated heterocycles. The minimum Gasteiger partial charge on any atom is -0.310 e. The summed E-state index contributed by atoms with van der Waals surface area (Å²) >= 11 is 1.86. The van der Waals surface area contributed by atoms with Crippen LogP contribution in [0.15, 0.2) is 206 Å². The highest BCUT2D eigenvalue weighted by atomic mass is 32.1. The topological polar surface area (TPSA) is 8.17 Å². The van der Waals surface area contributed by atoms with Crippen LogP contribution in [0.25, 0.3) is 80.7 Å². The van der Waals surface area contributed by atoms with Crippen molar-refractivity contribution in [2.24, 2.45) is 0 Å². The Balaban J connectivity index is 1.16. The van der Waals surface area contributed by atoms with Crippen LogP contribution in [0.1, 0.15) is 0 Å². The lowest BCUT2D eigenvalue weighted by atomic mass is 9.94. The van der Waals surface area contributed by atoms with E-state index in [1.807, 2.05) is 11.3 Å². The van der Waals surface area contributed by atoms with Gasteiger partial charge in [0.15, 0.2) is 0 Å². The van der Waals surface area contributed by atoms with Gasteiger partial charge < -0.3 is 9.47 Å². The lowest BCUT2D eigenvalue weighted by Gasteiger charge is -2.29. The zero-order valence-electron chi connectivity index (χ0n) is 29.9. The van der Waals surface area contributed by atoms with Crippen molar-refractivity contribution in [1.82, 2.24) is 4.57 Å². The molecule has 11 aromatic rings. The second kappa shape index (κ2) is 12.9. The number of aromatic nitrogens is 1. The minimum atomic E-state index is 1.09. The molecule has 0 radical (unpaired) electrons. The normalized spacial score (nSPS) is 11.6. The summed E-state index contributed by atoms with van der Waals surface area (Å²) in [6.07, 6.45) is 0. The number of rotatable bonds is 6. The molecule has 0 amide bonds. The Morgan fingerprint density at radius 1 is 0.364 bits per heavy atom. The molecule has 0 bridgehead atoms. The monoisotopic (exact) mass is 718 g/mol. The Labute approximate surface area is 323 Å². The van der Waals surface area contributed by atoms with Crippen LogP contribution >= 0.6 is 11.3 Å². The van der Waals surface area contributed by atoms with E-state index in [2.05, 4.69) is 216 Å². The predicted molar refractivity (Wildman–Crippen MR) is 237 cm³/mol. The summed E-state index contributed by atoms with van der Waals surface area (Å²) in [4.78, 5) is 2.46. The van der Waals surface area contributed by atoms with Crippen LogP contribution in [0.2, 0.25) is 0 Å². The van der Waals surface area contributed by atoms with Gasteiger partial charge in [-0.25, -0.2) is 0 Å². The van der Waals surface area contributed by atoms with Gasteiger partial charge in [-0.05, 0) is 94.2 Å². The average Bonchev–Trinajstić information content (AvgIpc) is 3.80. The van der Waals surface area contributed by atoms with Crippen molar-refractivity contribution < 1.29 is 0 Å². The number of anilines is 3. The maximum absolute atomic E-state index is 2.46. The first-order valence-electron chi connectivity index (χ1n) is 18.8. The van der Waals surface area contributed by atoms with E-state index in [0.717, 1.165) is 22.7 Å². The van der Waals surface area contributed by atoms with Gasteiger partial charge in [0, 0.05) is 53.6 Å². The lowest BCUT2D eigenvalue weighted by molar-refractivity contribution is 1.17. The van der Waals surface area contributed by atoms with Crippen LogP contribution in [0.4, 0.5) is 17.1 Å². The van der Waals surface area contributed by atoms with Gasteiger partial charge in [-0.3, -0.25) is 0 Å². The van der Waals surface area contributed by atoms with Crippen LogP contribution in [0.3, 0.4) is 0 Å². The third-order valence-corrected chi connectivity index (χ3v) is 12.1. The summed E-state index contributed by atoms with van der Waals surface area (Å²) < 4.78 is 4.98. The number of fused-ring (bicyclic) bond motifs is 7. The van der Waals surface area contributed by atoms with Crippen LogP contribution in [0.5, 0.6) is 0 Å². The van der Waals surface area contributed by atoms with Crippen molar-refractivity contribution in [2.45, 2.75) is 0 Å². The highest BCUT2D eigenvalue weighted by Crippen LogP contribution is 2.46. The summed E-state index contributed by atoms with van der Waals surface area (Å²) in [6, 6.07) is 75.3. The Morgan fingerprint density at radius 3 is 1.76 bits per heavy atom. The first-order valence-corrected chi connectivity index (χ1v) is 19.6. The largest absolute Gasteiger partial charge is 0.310 e. The first-order chi connectivity index (χ1) is 27.3. The van der Waals surface area contributed by atoms with Gasteiger partial charge in [-0.2, -0.15) is 0 Å². The zero-order chi connectivity index (χ0) is 36.3. The SMILES string of the molecule is c1ccc(-c2ccc(-c3cccc4ccccc34)cc2N(c2ccc(-n3c4ccccc4c4ccccc43)cc2)c2ccc3sc4ccccc4c3c2)cc1. The predicted octanol–water partition coefficient (Wildman–Crippen LogP) is 15.1. The van der Waals surface area contributed by atoms with Crippen LogP contribution in [0, 0.1) is 0 Å². The van der Waals surface area contributed by atoms with Gasteiger partial charge in [0.1, 0.15) is 0 Å². The number of hydrogen-bond donors (Lipinski definition) is 0. The molecule has 0 aliphatic heterocycles. The third kappa shape index (κ3) is 5.24. The molecule has 3 heteroatoms. The highest BCUT2D eigenvalue weighted by molar-refractivity contribution is 7.25. The van der Waals surface area contributed by atoms with Crippen molar-refractivity contribution in [3.8, 4) is 27.9 Å². The molecule has 0 saturated carbocycles. The highest BCUT2D eigenvalue weighted by Gasteiger charge is 2.21. The van der Waals surface area contributed by atoms with Crippen molar-refractivity contribution in [2.75, 3.05) is 4.90 Å². The molecule has 55 heavy (non-hydrogen) atoms. The fourth-order valence-corrected chi connectivity index (χ4v) is 9.54. The maximum atomic E-state index is 2.46. The molecule has 0 fully saturated rings. The molecule has 258 valence electrons. The third-order valence-electron chi connectivity index (χ3n) is 11.0. The van der Waals surface area contributed by atoms with Gasteiger partial charge in [0.25, 0.3) is 0 Å². The van der Waals surface area contributed by atoms with E-state index in [1.165, 1.54) is 75.0 Å². The molecular weight excluding hydrogens is 685 g/mol. The first kappa shape index (κ1) is 31.6. The fourth-order valence-electron chi connectivity index (χ4n) is 8.46. The number of benzene rings is 9. The second-order valence-electron chi connectivity index (χ2n) is 14.1. The molecule has 0 aliphatic carbocycles. The van der Waals surface area contributed by atoms with Gasteiger partial charge in [-0.1, -0.05) is 140 Å². The van der Waals surface area contributed by atoms with E-state index < -0.39 is 0 Å². The summed E-state index contributed by atoms with van der Waals surface area (Å²) in [5, 5.41) is 7.57. The van der Waals surface area contributed by atoms with E-state index in [9.17, 15) is 0 Å². The molecule has 0 unspecified atom stereocenters. The lowest BCUT2D eigenvalue weighted by Crippen LogP contribution is -2.11. The number of nitrogens with zero attached hydrogens (tertiary/aromatic N) is 2. The van der Waals surface area contributed by atoms with Crippen LogP contribution in [-0.4, -0.2) is 4.57 Å². The molecular formula is C52H34N2S. The smallest absolute Gasteiger partial charge is 0.0546 e. The van der Waals surface area contributed by atoms with Crippen LogP contribution in [-0.2, 0) is 0 Å². The molecule has 0 aliphatic rings. The van der Waals surface area contributed by atoms with Crippen molar-refractivity contribution >= 4 is 81.1 Å². The van der Waals surface area contributed by atoms with E-state index in [-0.39, 0.29) is 0 Å². The van der Waals surface area contributed by atoms with E-state index >= 15 is 0 Å². The minimum absolute atomic E-state index is 1.09. The number of hydrogen-bond acceptors (Lipinski definition) is 2. The van der Waals surface area contributed by atoms with Gasteiger partial charge in [-0.15, -0.1) is 11.3 Å². The summed E-state index contributed by atoms with van der Waals surface area (Å²) in [6.45, 7) is 0. The maximum Gasteiger partial charge on any atom is 0.0546 e.